The fraction of sp³-hybridized carbons (Fsp3) is 0.538. The van der Waals surface area contributed by atoms with Gasteiger partial charge in [0.1, 0.15) is 0 Å². The van der Waals surface area contributed by atoms with Crippen LogP contribution in [0.4, 0.5) is 5.69 Å². The van der Waals surface area contributed by atoms with E-state index >= 15 is 0 Å². The van der Waals surface area contributed by atoms with Gasteiger partial charge in [-0.05, 0) is 31.0 Å². The molecular weight excluding hydrogens is 328 g/mol. The number of hydrogen-bond donors (Lipinski definition) is 1. The molecule has 1 atom stereocenters. The molecule has 1 unspecified atom stereocenters. The summed E-state index contributed by atoms with van der Waals surface area (Å²) in [6, 6.07) is 6.02. The maximum absolute atomic E-state index is 11.6. The van der Waals surface area contributed by atoms with Gasteiger partial charge in [-0.2, -0.15) is 0 Å². The first-order chi connectivity index (χ1) is 8.89. The Labute approximate surface area is 123 Å². The zero-order chi connectivity index (χ0) is 14.0. The van der Waals surface area contributed by atoms with Crippen molar-refractivity contribution in [3.63, 3.8) is 0 Å². The fourth-order valence-corrected chi connectivity index (χ4v) is 4.28. The van der Waals surface area contributed by atoms with E-state index in [9.17, 15) is 8.42 Å². The first-order valence-electron chi connectivity index (χ1n) is 6.39. The molecule has 2 rings (SSSR count). The minimum Gasteiger partial charge on any atom is -0.370 e. The van der Waals surface area contributed by atoms with Gasteiger partial charge in [0.25, 0.3) is 0 Å². The van der Waals surface area contributed by atoms with Crippen molar-refractivity contribution < 1.29 is 8.42 Å². The Morgan fingerprint density at radius 1 is 1.32 bits per heavy atom. The molecule has 1 aliphatic rings. The van der Waals surface area contributed by atoms with Gasteiger partial charge in [0.05, 0.1) is 11.5 Å². The number of sulfone groups is 1. The van der Waals surface area contributed by atoms with Gasteiger partial charge in [-0.25, -0.2) is 8.42 Å². The summed E-state index contributed by atoms with van der Waals surface area (Å²) in [4.78, 5) is 2.13. The lowest BCUT2D eigenvalue weighted by Crippen LogP contribution is -2.26. The second kappa shape index (κ2) is 5.81. The topological polar surface area (TPSA) is 63.4 Å². The van der Waals surface area contributed by atoms with Gasteiger partial charge >= 0.3 is 0 Å². The highest BCUT2D eigenvalue weighted by Gasteiger charge is 2.19. The standard InChI is InChI=1S/C13H19BrN2O2S/c1-10(15)12-4-3-11(9-13(12)14)16-5-2-7-19(17,18)8-6-16/h3-4,9-10H,2,5-8,15H2,1H3. The number of benzene rings is 1. The first kappa shape index (κ1) is 14.8. The highest BCUT2D eigenvalue weighted by molar-refractivity contribution is 9.10. The van der Waals surface area contributed by atoms with Crippen LogP contribution in [0.3, 0.4) is 0 Å². The molecule has 0 amide bonds. The minimum atomic E-state index is -2.87. The van der Waals surface area contributed by atoms with E-state index in [2.05, 4.69) is 20.8 Å². The number of rotatable bonds is 2. The van der Waals surface area contributed by atoms with E-state index in [1.165, 1.54) is 0 Å². The van der Waals surface area contributed by atoms with Gasteiger partial charge in [-0.3, -0.25) is 0 Å². The molecule has 6 heteroatoms. The van der Waals surface area contributed by atoms with Crippen molar-refractivity contribution in [1.29, 1.82) is 0 Å². The molecule has 2 N–H and O–H groups in total. The van der Waals surface area contributed by atoms with Crippen LogP contribution >= 0.6 is 15.9 Å². The van der Waals surface area contributed by atoms with E-state index in [1.807, 2.05) is 25.1 Å². The average Bonchev–Trinajstić information content (AvgIpc) is 2.49. The molecule has 0 aliphatic carbocycles. The molecule has 1 aromatic carbocycles. The maximum Gasteiger partial charge on any atom is 0.152 e. The van der Waals surface area contributed by atoms with Crippen molar-refractivity contribution in [2.75, 3.05) is 29.5 Å². The summed E-state index contributed by atoms with van der Waals surface area (Å²) in [6.45, 7) is 3.29. The predicted molar refractivity (Wildman–Crippen MR) is 82.2 cm³/mol. The second-order valence-corrected chi connectivity index (χ2v) is 8.14. The Hall–Kier alpha value is -0.590. The monoisotopic (exact) mass is 346 g/mol. The van der Waals surface area contributed by atoms with E-state index < -0.39 is 9.84 Å². The van der Waals surface area contributed by atoms with Gasteiger partial charge in [0, 0.05) is 29.3 Å². The molecule has 1 heterocycles. The van der Waals surface area contributed by atoms with Gasteiger partial charge in [-0.1, -0.05) is 22.0 Å². The summed E-state index contributed by atoms with van der Waals surface area (Å²) in [5.74, 6) is 0.530. The summed E-state index contributed by atoms with van der Waals surface area (Å²) in [5, 5.41) is 0. The summed E-state index contributed by atoms with van der Waals surface area (Å²) in [6.07, 6.45) is 0.689. The highest BCUT2D eigenvalue weighted by Crippen LogP contribution is 2.28. The molecule has 1 aromatic rings. The van der Waals surface area contributed by atoms with Gasteiger partial charge in [0.2, 0.25) is 0 Å². The molecule has 1 fully saturated rings. The smallest absolute Gasteiger partial charge is 0.152 e. The lowest BCUT2D eigenvalue weighted by Gasteiger charge is -2.23. The molecule has 19 heavy (non-hydrogen) atoms. The number of halogens is 1. The van der Waals surface area contributed by atoms with Crippen LogP contribution in [0.1, 0.15) is 24.9 Å². The maximum atomic E-state index is 11.6. The van der Waals surface area contributed by atoms with Crippen molar-refractivity contribution >= 4 is 31.5 Å². The van der Waals surface area contributed by atoms with E-state index in [0.29, 0.717) is 18.7 Å². The van der Waals surface area contributed by atoms with Crippen LogP contribution in [0.15, 0.2) is 22.7 Å². The molecule has 0 bridgehead atoms. The Balaban J connectivity index is 2.20. The number of anilines is 1. The summed E-state index contributed by atoms with van der Waals surface area (Å²) < 4.78 is 24.2. The number of nitrogens with two attached hydrogens (primary N) is 1. The molecule has 4 nitrogen and oxygen atoms in total. The summed E-state index contributed by atoms with van der Waals surface area (Å²) in [7, 11) is -2.87. The lowest BCUT2D eigenvalue weighted by molar-refractivity contribution is 0.597. The average molecular weight is 347 g/mol. The van der Waals surface area contributed by atoms with E-state index in [0.717, 1.165) is 22.3 Å². The van der Waals surface area contributed by atoms with E-state index in [4.69, 9.17) is 5.73 Å². The Morgan fingerprint density at radius 3 is 2.68 bits per heavy atom. The second-order valence-electron chi connectivity index (χ2n) is 4.99. The van der Waals surface area contributed by atoms with Crippen molar-refractivity contribution in [3.8, 4) is 0 Å². The molecule has 1 saturated heterocycles. The minimum absolute atomic E-state index is 0.0204. The molecular formula is C13H19BrN2O2S. The number of nitrogens with zero attached hydrogens (tertiary/aromatic N) is 1. The molecule has 0 aromatic heterocycles. The predicted octanol–water partition coefficient (Wildman–Crippen LogP) is 2.09. The Morgan fingerprint density at radius 2 is 2.05 bits per heavy atom. The summed E-state index contributed by atoms with van der Waals surface area (Å²) >= 11 is 3.53. The van der Waals surface area contributed by atoms with Crippen LogP contribution in [-0.4, -0.2) is 33.0 Å². The van der Waals surface area contributed by atoms with Crippen molar-refractivity contribution in [2.24, 2.45) is 5.73 Å². The van der Waals surface area contributed by atoms with Crippen LogP contribution in [-0.2, 0) is 9.84 Å². The first-order valence-corrected chi connectivity index (χ1v) is 9.01. The molecule has 0 saturated carbocycles. The fourth-order valence-electron chi connectivity index (χ4n) is 2.28. The Kier molecular flexibility index (Phi) is 4.53. The van der Waals surface area contributed by atoms with E-state index in [1.54, 1.807) is 0 Å². The molecule has 106 valence electrons. The van der Waals surface area contributed by atoms with Crippen molar-refractivity contribution in [3.05, 3.63) is 28.2 Å². The third kappa shape index (κ3) is 3.70. The highest BCUT2D eigenvalue weighted by atomic mass is 79.9. The third-order valence-corrected chi connectivity index (χ3v) is 5.80. The van der Waals surface area contributed by atoms with Crippen molar-refractivity contribution in [2.45, 2.75) is 19.4 Å². The summed E-state index contributed by atoms with van der Waals surface area (Å²) in [5.41, 5.74) is 7.99. The molecule has 0 spiro atoms. The lowest BCUT2D eigenvalue weighted by atomic mass is 10.1. The molecule has 1 aliphatic heterocycles. The van der Waals surface area contributed by atoms with Crippen molar-refractivity contribution in [1.82, 2.24) is 0 Å². The Bertz CT molecular complexity index is 558. The van der Waals surface area contributed by atoms with Crippen LogP contribution in [0, 0.1) is 0 Å². The number of hydrogen-bond acceptors (Lipinski definition) is 4. The largest absolute Gasteiger partial charge is 0.370 e. The van der Waals surface area contributed by atoms with Crippen LogP contribution in [0.5, 0.6) is 0 Å². The third-order valence-electron chi connectivity index (χ3n) is 3.40. The quantitative estimate of drug-likeness (QED) is 0.890. The normalized spacial score (nSPS) is 20.9. The van der Waals surface area contributed by atoms with Gasteiger partial charge < -0.3 is 10.6 Å². The van der Waals surface area contributed by atoms with Crippen LogP contribution < -0.4 is 10.6 Å². The van der Waals surface area contributed by atoms with Gasteiger partial charge in [0.15, 0.2) is 9.84 Å². The zero-order valence-electron chi connectivity index (χ0n) is 11.0. The van der Waals surface area contributed by atoms with Crippen LogP contribution in [0.2, 0.25) is 0 Å². The van der Waals surface area contributed by atoms with Crippen LogP contribution in [0.25, 0.3) is 0 Å². The van der Waals surface area contributed by atoms with E-state index in [-0.39, 0.29) is 11.8 Å². The zero-order valence-corrected chi connectivity index (χ0v) is 13.4. The van der Waals surface area contributed by atoms with Gasteiger partial charge in [-0.15, -0.1) is 0 Å². The SMILES string of the molecule is CC(N)c1ccc(N2CCCS(=O)(=O)CC2)cc1Br. The molecule has 0 radical (unpaired) electrons.